The fourth-order valence-electron chi connectivity index (χ4n) is 2.33. The zero-order valence-electron chi connectivity index (χ0n) is 13.6. The molecule has 0 aliphatic carbocycles. The maximum atomic E-state index is 11.8. The van der Waals surface area contributed by atoms with Gasteiger partial charge in [0.25, 0.3) is 0 Å². The number of rotatable bonds is 7. The third-order valence-corrected chi connectivity index (χ3v) is 4.45. The fraction of sp³-hybridized carbons (Fsp3) is 0.533. The molecular weight excluding hydrogens is 337 g/mol. The molecule has 0 saturated carbocycles. The van der Waals surface area contributed by atoms with E-state index in [9.17, 15) is 4.79 Å². The molecule has 0 saturated heterocycles. The van der Waals surface area contributed by atoms with Crippen molar-refractivity contribution in [3.8, 4) is 0 Å². The molecule has 2 aromatic heterocycles. The second-order valence-electron chi connectivity index (χ2n) is 5.52. The zero-order chi connectivity index (χ0) is 17.0. The molecule has 0 bridgehead atoms. The van der Waals surface area contributed by atoms with Crippen LogP contribution in [0.2, 0.25) is 10.2 Å². The Hall–Kier alpha value is -1.53. The normalized spacial score (nSPS) is 11.0. The third-order valence-electron chi connectivity index (χ3n) is 3.52. The van der Waals surface area contributed by atoms with E-state index in [4.69, 9.17) is 23.2 Å². The lowest BCUT2D eigenvalue weighted by molar-refractivity contribution is -0.121. The highest BCUT2D eigenvalue weighted by molar-refractivity contribution is 6.41. The van der Waals surface area contributed by atoms with E-state index in [-0.39, 0.29) is 5.91 Å². The summed E-state index contributed by atoms with van der Waals surface area (Å²) in [6.07, 6.45) is 1.15. The number of carbonyl (C=O) groups excluding carboxylic acids is 1. The molecule has 2 aromatic rings. The summed E-state index contributed by atoms with van der Waals surface area (Å²) in [5.74, 6) is 0.0123. The topological polar surface area (TPSA) is 64.7 Å². The smallest absolute Gasteiger partial charge is 0.221 e. The van der Waals surface area contributed by atoms with Crippen molar-refractivity contribution in [2.75, 3.05) is 6.54 Å². The standard InChI is InChI=1S/C15H21Cl2N5O/c1-10-9-11(2)21(19-10)8-5-13(23)18-6-4-7-22-15(17)14(16)12(3)20-22/h9H,4-8H2,1-3H3,(H,18,23). The monoisotopic (exact) mass is 357 g/mol. The molecule has 0 aliphatic rings. The fourth-order valence-corrected chi connectivity index (χ4v) is 2.73. The van der Waals surface area contributed by atoms with Crippen LogP contribution in [0.25, 0.3) is 0 Å². The number of carbonyl (C=O) groups is 1. The molecule has 8 heteroatoms. The van der Waals surface area contributed by atoms with Gasteiger partial charge in [-0.15, -0.1) is 0 Å². The number of halogens is 2. The number of amides is 1. The Morgan fingerprint density at radius 3 is 2.48 bits per heavy atom. The lowest BCUT2D eigenvalue weighted by atomic mass is 10.3. The van der Waals surface area contributed by atoms with E-state index < -0.39 is 0 Å². The first-order valence-corrected chi connectivity index (χ1v) is 8.30. The number of hydrogen-bond donors (Lipinski definition) is 1. The summed E-state index contributed by atoms with van der Waals surface area (Å²) in [5, 5.41) is 12.4. The predicted octanol–water partition coefficient (Wildman–Crippen LogP) is 2.91. The van der Waals surface area contributed by atoms with Gasteiger partial charge in [-0.3, -0.25) is 14.2 Å². The van der Waals surface area contributed by atoms with Gasteiger partial charge in [-0.25, -0.2) is 0 Å². The predicted molar refractivity (Wildman–Crippen MR) is 90.9 cm³/mol. The van der Waals surface area contributed by atoms with Crippen LogP contribution in [0.5, 0.6) is 0 Å². The maximum Gasteiger partial charge on any atom is 0.221 e. The number of aromatic nitrogens is 4. The molecule has 0 unspecified atom stereocenters. The van der Waals surface area contributed by atoms with Crippen LogP contribution < -0.4 is 5.32 Å². The molecule has 0 spiro atoms. The molecule has 0 fully saturated rings. The van der Waals surface area contributed by atoms with Gasteiger partial charge in [0.15, 0.2) is 0 Å². The average Bonchev–Trinajstić information content (AvgIpc) is 2.95. The van der Waals surface area contributed by atoms with Crippen LogP contribution in [-0.4, -0.2) is 32.0 Å². The summed E-state index contributed by atoms with van der Waals surface area (Å²) in [6, 6.07) is 2.00. The number of nitrogens with one attached hydrogen (secondary N) is 1. The Morgan fingerprint density at radius 2 is 1.91 bits per heavy atom. The van der Waals surface area contributed by atoms with Crippen LogP contribution in [0.15, 0.2) is 6.07 Å². The van der Waals surface area contributed by atoms with Gasteiger partial charge in [0.2, 0.25) is 5.91 Å². The molecule has 0 aromatic carbocycles. The van der Waals surface area contributed by atoms with E-state index in [1.807, 2.05) is 31.5 Å². The summed E-state index contributed by atoms with van der Waals surface area (Å²) in [6.45, 7) is 7.51. The van der Waals surface area contributed by atoms with Crippen molar-refractivity contribution >= 4 is 29.1 Å². The minimum Gasteiger partial charge on any atom is -0.356 e. The van der Waals surface area contributed by atoms with Crippen LogP contribution in [0.3, 0.4) is 0 Å². The molecule has 0 aliphatic heterocycles. The first-order valence-electron chi connectivity index (χ1n) is 7.54. The van der Waals surface area contributed by atoms with Gasteiger partial charge < -0.3 is 5.32 Å². The molecule has 0 atom stereocenters. The summed E-state index contributed by atoms with van der Waals surface area (Å²) < 4.78 is 3.50. The van der Waals surface area contributed by atoms with Gasteiger partial charge in [0.1, 0.15) is 10.2 Å². The highest BCUT2D eigenvalue weighted by Crippen LogP contribution is 2.24. The van der Waals surface area contributed by atoms with E-state index in [1.165, 1.54) is 0 Å². The molecule has 1 amide bonds. The molecular formula is C15H21Cl2N5O. The summed E-state index contributed by atoms with van der Waals surface area (Å²) in [7, 11) is 0. The zero-order valence-corrected chi connectivity index (χ0v) is 15.1. The molecule has 0 radical (unpaired) electrons. The first kappa shape index (κ1) is 17.8. The minimum absolute atomic E-state index is 0.0123. The Labute approximate surface area is 145 Å². The van der Waals surface area contributed by atoms with E-state index in [2.05, 4.69) is 15.5 Å². The average molecular weight is 358 g/mol. The quantitative estimate of drug-likeness (QED) is 0.774. The lowest BCUT2D eigenvalue weighted by Crippen LogP contribution is -2.26. The van der Waals surface area contributed by atoms with Crippen LogP contribution >= 0.6 is 23.2 Å². The molecule has 2 rings (SSSR count). The maximum absolute atomic E-state index is 11.8. The van der Waals surface area contributed by atoms with E-state index in [1.54, 1.807) is 4.68 Å². The highest BCUT2D eigenvalue weighted by atomic mass is 35.5. The number of aryl methyl sites for hydroxylation is 5. The SMILES string of the molecule is Cc1cc(C)n(CCC(=O)NCCCn2nc(C)c(Cl)c2Cl)n1. The molecule has 6 nitrogen and oxygen atoms in total. The highest BCUT2D eigenvalue weighted by Gasteiger charge is 2.10. The Morgan fingerprint density at radius 1 is 1.17 bits per heavy atom. The van der Waals surface area contributed by atoms with Crippen LogP contribution in [0.4, 0.5) is 0 Å². The lowest BCUT2D eigenvalue weighted by Gasteiger charge is -2.07. The van der Waals surface area contributed by atoms with Gasteiger partial charge in [-0.1, -0.05) is 23.2 Å². The van der Waals surface area contributed by atoms with E-state index in [0.29, 0.717) is 41.9 Å². The van der Waals surface area contributed by atoms with E-state index in [0.717, 1.165) is 17.8 Å². The van der Waals surface area contributed by atoms with Crippen LogP contribution in [0, 0.1) is 20.8 Å². The van der Waals surface area contributed by atoms with Crippen molar-refractivity contribution in [1.29, 1.82) is 0 Å². The van der Waals surface area contributed by atoms with Crippen LogP contribution in [-0.2, 0) is 17.9 Å². The van der Waals surface area contributed by atoms with Gasteiger partial charge in [0.05, 0.1) is 11.4 Å². The number of hydrogen-bond acceptors (Lipinski definition) is 3. The second-order valence-corrected chi connectivity index (χ2v) is 6.25. The third kappa shape index (κ3) is 4.72. The van der Waals surface area contributed by atoms with Crippen molar-refractivity contribution in [3.63, 3.8) is 0 Å². The Balaban J connectivity index is 1.68. The van der Waals surface area contributed by atoms with Crippen molar-refractivity contribution in [2.24, 2.45) is 0 Å². The first-order chi connectivity index (χ1) is 10.9. The summed E-state index contributed by atoms with van der Waals surface area (Å²) in [4.78, 5) is 11.8. The molecule has 126 valence electrons. The Kier molecular flexibility index (Phi) is 6.07. The van der Waals surface area contributed by atoms with Gasteiger partial charge >= 0.3 is 0 Å². The molecule has 2 heterocycles. The molecule has 23 heavy (non-hydrogen) atoms. The minimum atomic E-state index is 0.0123. The van der Waals surface area contributed by atoms with Crippen LogP contribution in [0.1, 0.15) is 29.9 Å². The van der Waals surface area contributed by atoms with Crippen molar-refractivity contribution in [3.05, 3.63) is 33.3 Å². The largest absolute Gasteiger partial charge is 0.356 e. The summed E-state index contributed by atoms with van der Waals surface area (Å²) in [5.41, 5.74) is 2.74. The Bertz CT molecular complexity index is 692. The van der Waals surface area contributed by atoms with Gasteiger partial charge in [-0.2, -0.15) is 10.2 Å². The second kappa shape index (κ2) is 7.84. The van der Waals surface area contributed by atoms with E-state index >= 15 is 0 Å². The van der Waals surface area contributed by atoms with Gasteiger partial charge in [0, 0.05) is 31.7 Å². The van der Waals surface area contributed by atoms with Gasteiger partial charge in [-0.05, 0) is 33.3 Å². The number of nitrogens with zero attached hydrogens (tertiary/aromatic N) is 4. The van der Waals surface area contributed by atoms with Crippen molar-refractivity contribution in [1.82, 2.24) is 24.9 Å². The van der Waals surface area contributed by atoms with Crippen molar-refractivity contribution < 1.29 is 4.79 Å². The molecule has 1 N–H and O–H groups in total. The van der Waals surface area contributed by atoms with Crippen molar-refractivity contribution in [2.45, 2.75) is 46.7 Å². The summed E-state index contributed by atoms with van der Waals surface area (Å²) >= 11 is 12.0.